The molecule has 2 nitrogen and oxygen atoms in total. The first kappa shape index (κ1) is 13.8. The maximum absolute atomic E-state index is 13.6. The average Bonchev–Trinajstić information content (AvgIpc) is 2.44. The molecule has 0 unspecified atom stereocenters. The summed E-state index contributed by atoms with van der Waals surface area (Å²) in [4.78, 5) is 0. The fourth-order valence-corrected chi connectivity index (χ4v) is 1.86. The first-order valence-corrected chi connectivity index (χ1v) is 6.46. The number of benzene rings is 2. The van der Waals surface area contributed by atoms with Crippen LogP contribution in [0.2, 0.25) is 5.02 Å². The molecule has 0 saturated heterocycles. The van der Waals surface area contributed by atoms with Crippen molar-refractivity contribution in [2.75, 3.05) is 13.2 Å². The van der Waals surface area contributed by atoms with E-state index in [0.29, 0.717) is 25.3 Å². The lowest BCUT2D eigenvalue weighted by atomic mass is 10.2. The summed E-state index contributed by atoms with van der Waals surface area (Å²) in [7, 11) is 0. The first-order valence-electron chi connectivity index (χ1n) is 6.09. The largest absolute Gasteiger partial charge is 0.492 e. The molecule has 0 aromatic heterocycles. The van der Waals surface area contributed by atoms with Crippen LogP contribution in [0.1, 0.15) is 5.56 Å². The average molecular weight is 280 g/mol. The van der Waals surface area contributed by atoms with E-state index in [9.17, 15) is 4.39 Å². The Morgan fingerprint density at radius 3 is 2.63 bits per heavy atom. The summed E-state index contributed by atoms with van der Waals surface area (Å²) < 4.78 is 19.1. The molecule has 19 heavy (non-hydrogen) atoms. The van der Waals surface area contributed by atoms with Gasteiger partial charge in [0.25, 0.3) is 0 Å². The van der Waals surface area contributed by atoms with Crippen LogP contribution in [0.15, 0.2) is 48.5 Å². The van der Waals surface area contributed by atoms with Crippen LogP contribution in [-0.4, -0.2) is 13.2 Å². The molecular formula is C15H15ClFNO. The van der Waals surface area contributed by atoms with Crippen LogP contribution in [-0.2, 0) is 6.54 Å². The van der Waals surface area contributed by atoms with Gasteiger partial charge in [0.1, 0.15) is 18.2 Å². The van der Waals surface area contributed by atoms with Gasteiger partial charge in [0.05, 0.1) is 5.02 Å². The number of halogens is 2. The number of hydrogen-bond acceptors (Lipinski definition) is 2. The summed E-state index contributed by atoms with van der Waals surface area (Å²) >= 11 is 5.71. The Labute approximate surface area is 117 Å². The predicted octanol–water partition coefficient (Wildman–Crippen LogP) is 3.65. The molecular weight excluding hydrogens is 265 g/mol. The smallest absolute Gasteiger partial charge is 0.146 e. The number of para-hydroxylation sites is 1. The highest BCUT2D eigenvalue weighted by Crippen LogP contribution is 2.17. The molecule has 0 amide bonds. The van der Waals surface area contributed by atoms with Crippen LogP contribution in [0.4, 0.5) is 4.39 Å². The van der Waals surface area contributed by atoms with Crippen molar-refractivity contribution in [2.24, 2.45) is 0 Å². The van der Waals surface area contributed by atoms with E-state index in [2.05, 4.69) is 5.32 Å². The Hall–Kier alpha value is -1.58. The summed E-state index contributed by atoms with van der Waals surface area (Å²) in [6.07, 6.45) is 0. The summed E-state index contributed by atoms with van der Waals surface area (Å²) in [5.41, 5.74) is 0.562. The van der Waals surface area contributed by atoms with Gasteiger partial charge in [-0.2, -0.15) is 0 Å². The third-order valence-electron chi connectivity index (χ3n) is 2.64. The van der Waals surface area contributed by atoms with Crippen LogP contribution in [0, 0.1) is 5.82 Å². The molecule has 0 fully saturated rings. The highest BCUT2D eigenvalue weighted by molar-refractivity contribution is 6.30. The lowest BCUT2D eigenvalue weighted by molar-refractivity contribution is 0.313. The van der Waals surface area contributed by atoms with Crippen LogP contribution in [0.5, 0.6) is 5.75 Å². The van der Waals surface area contributed by atoms with Gasteiger partial charge in [-0.05, 0) is 18.2 Å². The Kier molecular flexibility index (Phi) is 5.19. The minimum Gasteiger partial charge on any atom is -0.492 e. The second kappa shape index (κ2) is 7.12. The molecule has 0 spiro atoms. The molecule has 0 saturated carbocycles. The number of hydrogen-bond donors (Lipinski definition) is 1. The van der Waals surface area contributed by atoms with Gasteiger partial charge in [-0.15, -0.1) is 0 Å². The van der Waals surface area contributed by atoms with E-state index < -0.39 is 0 Å². The number of rotatable bonds is 6. The van der Waals surface area contributed by atoms with Crippen molar-refractivity contribution in [3.05, 3.63) is 64.9 Å². The molecule has 0 bridgehead atoms. The van der Waals surface area contributed by atoms with Crippen LogP contribution >= 0.6 is 11.6 Å². The molecule has 0 aliphatic heterocycles. The fourth-order valence-electron chi connectivity index (χ4n) is 1.67. The minimum absolute atomic E-state index is 0.153. The molecule has 0 atom stereocenters. The van der Waals surface area contributed by atoms with Gasteiger partial charge in [0.2, 0.25) is 0 Å². The first-order chi connectivity index (χ1) is 9.27. The normalized spacial score (nSPS) is 10.4. The molecule has 0 aliphatic carbocycles. The molecule has 0 heterocycles. The predicted molar refractivity (Wildman–Crippen MR) is 75.1 cm³/mol. The SMILES string of the molecule is Fc1c(Cl)cccc1CNCCOc1ccccc1. The minimum atomic E-state index is -0.361. The maximum Gasteiger partial charge on any atom is 0.146 e. The van der Waals surface area contributed by atoms with Gasteiger partial charge < -0.3 is 10.1 Å². The highest BCUT2D eigenvalue weighted by Gasteiger charge is 2.04. The standard InChI is InChI=1S/C15H15ClFNO/c16-14-8-4-5-12(15(14)17)11-18-9-10-19-13-6-2-1-3-7-13/h1-8,18H,9-11H2. The molecule has 0 aliphatic rings. The molecule has 4 heteroatoms. The van der Waals surface area contributed by atoms with Gasteiger partial charge in [0.15, 0.2) is 0 Å². The molecule has 2 rings (SSSR count). The van der Waals surface area contributed by atoms with Crippen molar-refractivity contribution in [3.8, 4) is 5.75 Å². The highest BCUT2D eigenvalue weighted by atomic mass is 35.5. The van der Waals surface area contributed by atoms with Gasteiger partial charge in [0, 0.05) is 18.7 Å². The zero-order chi connectivity index (χ0) is 13.5. The van der Waals surface area contributed by atoms with Crippen molar-refractivity contribution in [2.45, 2.75) is 6.54 Å². The van der Waals surface area contributed by atoms with Crippen molar-refractivity contribution in [3.63, 3.8) is 0 Å². The summed E-state index contributed by atoms with van der Waals surface area (Å²) in [5, 5.41) is 3.27. The maximum atomic E-state index is 13.6. The Bertz CT molecular complexity index is 519. The van der Waals surface area contributed by atoms with Gasteiger partial charge in [-0.1, -0.05) is 41.9 Å². The molecule has 100 valence electrons. The molecule has 2 aromatic rings. The molecule has 1 N–H and O–H groups in total. The third kappa shape index (κ3) is 4.23. The summed E-state index contributed by atoms with van der Waals surface area (Å²) in [5.74, 6) is 0.471. The van der Waals surface area contributed by atoms with E-state index in [0.717, 1.165) is 5.75 Å². The quantitative estimate of drug-likeness (QED) is 0.815. The molecule has 2 aromatic carbocycles. The second-order valence-corrected chi connectivity index (χ2v) is 4.46. The van der Waals surface area contributed by atoms with E-state index in [-0.39, 0.29) is 10.8 Å². The van der Waals surface area contributed by atoms with Crippen LogP contribution in [0.3, 0.4) is 0 Å². The fraction of sp³-hybridized carbons (Fsp3) is 0.200. The number of ether oxygens (including phenoxy) is 1. The zero-order valence-corrected chi connectivity index (χ0v) is 11.2. The van der Waals surface area contributed by atoms with Gasteiger partial charge >= 0.3 is 0 Å². The Morgan fingerprint density at radius 1 is 1.05 bits per heavy atom. The second-order valence-electron chi connectivity index (χ2n) is 4.05. The monoisotopic (exact) mass is 279 g/mol. The summed E-state index contributed by atoms with van der Waals surface area (Å²) in [6, 6.07) is 14.6. The summed E-state index contributed by atoms with van der Waals surface area (Å²) in [6.45, 7) is 1.61. The van der Waals surface area contributed by atoms with Gasteiger partial charge in [-0.25, -0.2) is 4.39 Å². The van der Waals surface area contributed by atoms with Crippen molar-refractivity contribution >= 4 is 11.6 Å². The Balaban J connectivity index is 1.71. The van der Waals surface area contributed by atoms with Crippen molar-refractivity contribution in [1.29, 1.82) is 0 Å². The van der Waals surface area contributed by atoms with Gasteiger partial charge in [-0.3, -0.25) is 0 Å². The van der Waals surface area contributed by atoms with Crippen molar-refractivity contribution < 1.29 is 9.13 Å². The van der Waals surface area contributed by atoms with Crippen LogP contribution < -0.4 is 10.1 Å². The van der Waals surface area contributed by atoms with E-state index in [4.69, 9.17) is 16.3 Å². The van der Waals surface area contributed by atoms with E-state index in [1.807, 2.05) is 30.3 Å². The van der Waals surface area contributed by atoms with Crippen molar-refractivity contribution in [1.82, 2.24) is 5.32 Å². The lowest BCUT2D eigenvalue weighted by Crippen LogP contribution is -2.21. The third-order valence-corrected chi connectivity index (χ3v) is 2.93. The van der Waals surface area contributed by atoms with E-state index in [1.165, 1.54) is 0 Å². The Morgan fingerprint density at radius 2 is 1.84 bits per heavy atom. The van der Waals surface area contributed by atoms with E-state index in [1.54, 1.807) is 18.2 Å². The van der Waals surface area contributed by atoms with Crippen LogP contribution in [0.25, 0.3) is 0 Å². The van der Waals surface area contributed by atoms with E-state index >= 15 is 0 Å². The zero-order valence-electron chi connectivity index (χ0n) is 10.4. The number of nitrogens with one attached hydrogen (secondary N) is 1. The lowest BCUT2D eigenvalue weighted by Gasteiger charge is -2.08. The molecule has 0 radical (unpaired) electrons. The topological polar surface area (TPSA) is 21.3 Å².